The molecule has 0 fully saturated rings. The minimum atomic E-state index is -0.300. The van der Waals surface area contributed by atoms with Gasteiger partial charge in [-0.1, -0.05) is 12.1 Å². The second-order valence-electron chi connectivity index (χ2n) is 8.07. The molecule has 0 saturated carbocycles. The van der Waals surface area contributed by atoms with Gasteiger partial charge in [0, 0.05) is 54.6 Å². The van der Waals surface area contributed by atoms with Crippen molar-refractivity contribution in [3.8, 4) is 0 Å². The number of nitrogens with one attached hydrogen (secondary N) is 2. The normalized spacial score (nSPS) is 13.6. The van der Waals surface area contributed by atoms with Gasteiger partial charge in [-0.15, -0.1) is 11.3 Å². The monoisotopic (exact) mass is 461 g/mol. The fourth-order valence-electron chi connectivity index (χ4n) is 3.76. The van der Waals surface area contributed by atoms with E-state index in [0.29, 0.717) is 27.7 Å². The Morgan fingerprint density at radius 3 is 2.91 bits per heavy atom. The van der Waals surface area contributed by atoms with Crippen LogP contribution in [0.5, 0.6) is 0 Å². The van der Waals surface area contributed by atoms with E-state index in [1.807, 2.05) is 6.07 Å². The summed E-state index contributed by atoms with van der Waals surface area (Å²) in [5, 5.41) is 6.38. The predicted molar refractivity (Wildman–Crippen MR) is 127 cm³/mol. The molecule has 3 aromatic heterocycles. The summed E-state index contributed by atoms with van der Waals surface area (Å²) in [6.45, 7) is 2.10. The van der Waals surface area contributed by atoms with Crippen molar-refractivity contribution < 1.29 is 9.59 Å². The molecule has 1 aromatic carbocycles. The van der Waals surface area contributed by atoms with Crippen molar-refractivity contribution in [2.24, 2.45) is 0 Å². The minimum Gasteiger partial charge on any atom is -0.398 e. The zero-order valence-corrected chi connectivity index (χ0v) is 18.9. The largest absolute Gasteiger partial charge is 0.398 e. The topological polar surface area (TPSA) is 118 Å². The number of nitrogens with zero attached hydrogens (tertiary/aromatic N) is 4. The molecular formula is C23H23N7O2S. The summed E-state index contributed by atoms with van der Waals surface area (Å²) in [7, 11) is 2.08. The van der Waals surface area contributed by atoms with Gasteiger partial charge in [0.25, 0.3) is 11.8 Å². The molecule has 9 nitrogen and oxygen atoms in total. The third kappa shape index (κ3) is 4.57. The third-order valence-electron chi connectivity index (χ3n) is 5.49. The highest BCUT2D eigenvalue weighted by Gasteiger charge is 2.19. The number of rotatable bonds is 5. The highest BCUT2D eigenvalue weighted by molar-refractivity contribution is 7.15. The number of hydrogen-bond acceptors (Lipinski definition) is 7. The van der Waals surface area contributed by atoms with Crippen LogP contribution in [0.25, 0.3) is 5.65 Å². The maximum atomic E-state index is 12.8. The lowest BCUT2D eigenvalue weighted by Gasteiger charge is -2.20. The van der Waals surface area contributed by atoms with Crippen LogP contribution in [-0.2, 0) is 19.5 Å². The van der Waals surface area contributed by atoms with Gasteiger partial charge in [0.15, 0.2) is 5.13 Å². The summed E-state index contributed by atoms with van der Waals surface area (Å²) in [6.07, 6.45) is 4.24. The van der Waals surface area contributed by atoms with Crippen LogP contribution < -0.4 is 16.4 Å². The number of anilines is 2. The number of aromatic nitrogens is 3. The Morgan fingerprint density at radius 2 is 2.03 bits per heavy atom. The summed E-state index contributed by atoms with van der Waals surface area (Å²) in [5.74, 6) is -0.522. The van der Waals surface area contributed by atoms with Crippen molar-refractivity contribution in [1.82, 2.24) is 24.6 Å². The molecular weight excluding hydrogens is 438 g/mol. The van der Waals surface area contributed by atoms with Gasteiger partial charge in [-0.05, 0) is 36.9 Å². The first kappa shape index (κ1) is 21.1. The average Bonchev–Trinajstić information content (AvgIpc) is 3.40. The molecule has 168 valence electrons. The van der Waals surface area contributed by atoms with Gasteiger partial charge in [-0.2, -0.15) is 0 Å². The first-order valence-corrected chi connectivity index (χ1v) is 11.4. The number of fused-ring (bicyclic) bond motifs is 2. The van der Waals surface area contributed by atoms with E-state index in [-0.39, 0.29) is 18.4 Å². The van der Waals surface area contributed by atoms with Gasteiger partial charge >= 0.3 is 0 Å². The molecule has 1 aliphatic heterocycles. The zero-order valence-electron chi connectivity index (χ0n) is 18.0. The Balaban J connectivity index is 1.23. The van der Waals surface area contributed by atoms with Crippen molar-refractivity contribution in [3.05, 3.63) is 76.2 Å². The summed E-state index contributed by atoms with van der Waals surface area (Å²) in [4.78, 5) is 37.6. The van der Waals surface area contributed by atoms with E-state index >= 15 is 0 Å². The number of nitrogen functional groups attached to an aromatic ring is 1. The second kappa shape index (κ2) is 8.64. The molecule has 10 heteroatoms. The second-order valence-corrected chi connectivity index (χ2v) is 9.15. The van der Waals surface area contributed by atoms with Gasteiger partial charge in [-0.25, -0.2) is 9.97 Å². The van der Waals surface area contributed by atoms with E-state index < -0.39 is 0 Å². The summed E-state index contributed by atoms with van der Waals surface area (Å²) in [5.41, 5.74) is 9.69. The van der Waals surface area contributed by atoms with E-state index in [2.05, 4.69) is 32.5 Å². The molecule has 4 aromatic rings. The zero-order chi connectivity index (χ0) is 22.9. The molecule has 4 N–H and O–H groups in total. The van der Waals surface area contributed by atoms with E-state index in [4.69, 9.17) is 5.73 Å². The number of carbonyl (C=O) groups is 2. The number of likely N-dealkylation sites (N-methyl/N-ethyl adjacent to an activating group) is 1. The fourth-order valence-corrected chi connectivity index (χ4v) is 4.84. The van der Waals surface area contributed by atoms with E-state index in [1.165, 1.54) is 16.2 Å². The number of amides is 2. The Kier molecular flexibility index (Phi) is 5.53. The lowest BCUT2D eigenvalue weighted by Crippen LogP contribution is -2.25. The Morgan fingerprint density at radius 1 is 1.15 bits per heavy atom. The van der Waals surface area contributed by atoms with E-state index in [1.54, 1.807) is 47.1 Å². The van der Waals surface area contributed by atoms with E-state index in [0.717, 1.165) is 30.8 Å². The summed E-state index contributed by atoms with van der Waals surface area (Å²) < 4.78 is 1.71. The SMILES string of the molecule is CN1CCc2nc(NC(=O)c3cccc(CNC(=O)c4cn5cc(N)ccc5n4)c3)sc2C1. The van der Waals surface area contributed by atoms with Crippen LogP contribution in [0, 0.1) is 0 Å². The number of carbonyl (C=O) groups excluding carboxylic acids is 2. The number of thiazole rings is 1. The van der Waals surface area contributed by atoms with Gasteiger partial charge in [0.2, 0.25) is 0 Å². The van der Waals surface area contributed by atoms with Gasteiger partial charge in [0.1, 0.15) is 11.3 Å². The first-order valence-electron chi connectivity index (χ1n) is 10.5. The van der Waals surface area contributed by atoms with E-state index in [9.17, 15) is 9.59 Å². The number of hydrogen-bond donors (Lipinski definition) is 3. The van der Waals surface area contributed by atoms with Crippen molar-refractivity contribution in [2.75, 3.05) is 24.6 Å². The number of imidazole rings is 1. The molecule has 0 unspecified atom stereocenters. The highest BCUT2D eigenvalue weighted by atomic mass is 32.1. The molecule has 1 aliphatic rings. The lowest BCUT2D eigenvalue weighted by atomic mass is 10.1. The van der Waals surface area contributed by atoms with Crippen molar-refractivity contribution in [2.45, 2.75) is 19.5 Å². The molecule has 0 saturated heterocycles. The third-order valence-corrected chi connectivity index (χ3v) is 6.49. The predicted octanol–water partition coefficient (Wildman–Crippen LogP) is 2.54. The smallest absolute Gasteiger partial charge is 0.271 e. The molecule has 0 bridgehead atoms. The van der Waals surface area contributed by atoms with Crippen molar-refractivity contribution >= 4 is 39.6 Å². The van der Waals surface area contributed by atoms with Crippen LogP contribution in [0.4, 0.5) is 10.8 Å². The Hall–Kier alpha value is -3.76. The van der Waals surface area contributed by atoms with Gasteiger partial charge in [-0.3, -0.25) is 14.9 Å². The molecule has 33 heavy (non-hydrogen) atoms. The molecule has 0 radical (unpaired) electrons. The molecule has 0 aliphatic carbocycles. The van der Waals surface area contributed by atoms with Crippen molar-refractivity contribution in [1.29, 1.82) is 0 Å². The fraction of sp³-hybridized carbons (Fsp3) is 0.217. The van der Waals surface area contributed by atoms with Crippen LogP contribution in [-0.4, -0.2) is 44.7 Å². The first-order chi connectivity index (χ1) is 15.9. The quantitative estimate of drug-likeness (QED) is 0.420. The molecule has 0 atom stereocenters. The summed E-state index contributed by atoms with van der Waals surface area (Å²) in [6, 6.07) is 10.7. The maximum Gasteiger partial charge on any atom is 0.271 e. The molecule has 0 spiro atoms. The number of nitrogens with two attached hydrogens (primary N) is 1. The van der Waals surface area contributed by atoms with Crippen LogP contribution in [0.15, 0.2) is 48.8 Å². The highest BCUT2D eigenvalue weighted by Crippen LogP contribution is 2.28. The molecule has 2 amide bonds. The van der Waals surface area contributed by atoms with Crippen LogP contribution in [0.1, 0.15) is 37.0 Å². The van der Waals surface area contributed by atoms with Gasteiger partial charge in [0.05, 0.1) is 5.69 Å². The van der Waals surface area contributed by atoms with Crippen LogP contribution in [0.2, 0.25) is 0 Å². The number of benzene rings is 1. The molecule has 5 rings (SSSR count). The van der Waals surface area contributed by atoms with Gasteiger partial charge < -0.3 is 20.4 Å². The average molecular weight is 462 g/mol. The van der Waals surface area contributed by atoms with Crippen LogP contribution in [0.3, 0.4) is 0 Å². The minimum absolute atomic E-state index is 0.222. The standard InChI is InChI=1S/C23H23N7O2S/c1-29-8-7-17-19(13-29)33-23(27-17)28-21(31)15-4-2-3-14(9-15)10-25-22(32)18-12-30-11-16(24)5-6-20(30)26-18/h2-6,9,11-12H,7-8,10,13,24H2,1H3,(H,25,32)(H,27,28,31). The van der Waals surface area contributed by atoms with Crippen LogP contribution >= 0.6 is 11.3 Å². The van der Waals surface area contributed by atoms with Crippen molar-refractivity contribution in [3.63, 3.8) is 0 Å². The maximum absolute atomic E-state index is 12.8. The molecule has 4 heterocycles. The summed E-state index contributed by atoms with van der Waals surface area (Å²) >= 11 is 1.52. The Labute approximate surface area is 194 Å². The Bertz CT molecular complexity index is 1360. The number of pyridine rings is 1. The lowest BCUT2D eigenvalue weighted by molar-refractivity contribution is 0.0946.